The molecule has 0 aliphatic rings. The average Bonchev–Trinajstić information content (AvgIpc) is 2.99. The Morgan fingerprint density at radius 1 is 1.29 bits per heavy atom. The van der Waals surface area contributed by atoms with Gasteiger partial charge in [0.1, 0.15) is 5.75 Å². The summed E-state index contributed by atoms with van der Waals surface area (Å²) in [7, 11) is 0. The molecule has 24 heavy (non-hydrogen) atoms. The third-order valence-corrected chi connectivity index (χ3v) is 4.25. The molecule has 2 aromatic rings. The van der Waals surface area contributed by atoms with Gasteiger partial charge in [-0.15, -0.1) is 11.3 Å². The van der Waals surface area contributed by atoms with Gasteiger partial charge in [0.25, 0.3) is 0 Å². The molecule has 1 heterocycles. The molecule has 0 saturated heterocycles. The summed E-state index contributed by atoms with van der Waals surface area (Å²) in [5, 5.41) is 7.79. The summed E-state index contributed by atoms with van der Waals surface area (Å²) in [5.74, 6) is 1.72. The first-order chi connectivity index (χ1) is 11.7. The first kappa shape index (κ1) is 18.3. The lowest BCUT2D eigenvalue weighted by atomic mass is 10.2. The van der Waals surface area contributed by atoms with Crippen molar-refractivity contribution in [3.63, 3.8) is 0 Å². The second-order valence-corrected chi connectivity index (χ2v) is 6.64. The predicted molar refractivity (Wildman–Crippen MR) is 101 cm³/mol. The van der Waals surface area contributed by atoms with E-state index in [1.807, 2.05) is 31.3 Å². The highest BCUT2D eigenvalue weighted by Crippen LogP contribution is 2.14. The molecule has 0 amide bonds. The van der Waals surface area contributed by atoms with Crippen molar-refractivity contribution < 1.29 is 4.74 Å². The molecule has 0 spiro atoms. The first-order valence-corrected chi connectivity index (χ1v) is 9.18. The Balaban J connectivity index is 1.88. The minimum Gasteiger partial charge on any atom is -0.494 e. The SMILES string of the molecule is CCNC(=NCc1cccc(OCC)c1)NCCc1ncc(C)s1. The van der Waals surface area contributed by atoms with Gasteiger partial charge in [0.15, 0.2) is 5.96 Å². The Morgan fingerprint density at radius 2 is 2.17 bits per heavy atom. The van der Waals surface area contributed by atoms with E-state index in [4.69, 9.17) is 4.74 Å². The van der Waals surface area contributed by atoms with Crippen LogP contribution in [0.1, 0.15) is 29.3 Å². The normalized spacial score (nSPS) is 11.4. The zero-order valence-corrected chi connectivity index (χ0v) is 15.4. The van der Waals surface area contributed by atoms with Crippen LogP contribution in [0.4, 0.5) is 0 Å². The van der Waals surface area contributed by atoms with Crippen LogP contribution in [0.2, 0.25) is 0 Å². The molecule has 0 saturated carbocycles. The number of guanidine groups is 1. The molecule has 0 aliphatic heterocycles. The van der Waals surface area contributed by atoms with Crippen LogP contribution < -0.4 is 15.4 Å². The van der Waals surface area contributed by atoms with E-state index in [1.54, 1.807) is 11.3 Å². The van der Waals surface area contributed by atoms with Gasteiger partial charge in [-0.25, -0.2) is 9.98 Å². The highest BCUT2D eigenvalue weighted by Gasteiger charge is 2.02. The third-order valence-electron chi connectivity index (χ3n) is 3.27. The molecule has 2 rings (SSSR count). The molecule has 0 bridgehead atoms. The smallest absolute Gasteiger partial charge is 0.191 e. The molecule has 0 radical (unpaired) electrons. The lowest BCUT2D eigenvalue weighted by molar-refractivity contribution is 0.340. The van der Waals surface area contributed by atoms with E-state index in [-0.39, 0.29) is 0 Å². The van der Waals surface area contributed by atoms with Gasteiger partial charge in [-0.05, 0) is 38.5 Å². The molecule has 0 aliphatic carbocycles. The summed E-state index contributed by atoms with van der Waals surface area (Å²) in [4.78, 5) is 10.3. The topological polar surface area (TPSA) is 58.5 Å². The molecule has 0 fully saturated rings. The van der Waals surface area contributed by atoms with Crippen LogP contribution in [-0.2, 0) is 13.0 Å². The van der Waals surface area contributed by atoms with Gasteiger partial charge >= 0.3 is 0 Å². The average molecular weight is 347 g/mol. The minimum absolute atomic E-state index is 0.618. The fourth-order valence-corrected chi connectivity index (χ4v) is 3.00. The molecular weight excluding hydrogens is 320 g/mol. The van der Waals surface area contributed by atoms with Crippen LogP contribution in [0, 0.1) is 6.92 Å². The summed E-state index contributed by atoms with van der Waals surface area (Å²) < 4.78 is 5.53. The zero-order chi connectivity index (χ0) is 17.2. The summed E-state index contributed by atoms with van der Waals surface area (Å²) in [6.07, 6.45) is 2.83. The maximum Gasteiger partial charge on any atom is 0.191 e. The Kier molecular flexibility index (Phi) is 7.55. The van der Waals surface area contributed by atoms with Crippen LogP contribution in [0.25, 0.3) is 0 Å². The molecule has 0 unspecified atom stereocenters. The van der Waals surface area contributed by atoms with E-state index < -0.39 is 0 Å². The number of hydrogen-bond acceptors (Lipinski definition) is 4. The van der Waals surface area contributed by atoms with E-state index in [9.17, 15) is 0 Å². The zero-order valence-electron chi connectivity index (χ0n) is 14.6. The van der Waals surface area contributed by atoms with Crippen LogP contribution in [-0.4, -0.2) is 30.6 Å². The van der Waals surface area contributed by atoms with Crippen molar-refractivity contribution in [2.75, 3.05) is 19.7 Å². The van der Waals surface area contributed by atoms with Gasteiger partial charge < -0.3 is 15.4 Å². The van der Waals surface area contributed by atoms with E-state index in [0.29, 0.717) is 13.2 Å². The van der Waals surface area contributed by atoms with Gasteiger partial charge in [-0.1, -0.05) is 12.1 Å². The summed E-state index contributed by atoms with van der Waals surface area (Å²) >= 11 is 1.74. The van der Waals surface area contributed by atoms with Gasteiger partial charge in [-0.3, -0.25) is 0 Å². The molecule has 1 aromatic heterocycles. The number of thiazole rings is 1. The van der Waals surface area contributed by atoms with Crippen LogP contribution in [0.15, 0.2) is 35.5 Å². The maximum absolute atomic E-state index is 5.53. The third kappa shape index (κ3) is 6.20. The van der Waals surface area contributed by atoms with Gasteiger partial charge in [-0.2, -0.15) is 0 Å². The monoisotopic (exact) mass is 346 g/mol. The number of aromatic nitrogens is 1. The van der Waals surface area contributed by atoms with Crippen molar-refractivity contribution in [1.82, 2.24) is 15.6 Å². The number of aryl methyl sites for hydroxylation is 1. The van der Waals surface area contributed by atoms with Crippen molar-refractivity contribution in [2.24, 2.45) is 4.99 Å². The van der Waals surface area contributed by atoms with Gasteiger partial charge in [0.05, 0.1) is 18.2 Å². The number of nitrogens with one attached hydrogen (secondary N) is 2. The van der Waals surface area contributed by atoms with E-state index in [1.165, 1.54) is 4.88 Å². The number of rotatable bonds is 8. The van der Waals surface area contributed by atoms with Crippen molar-refractivity contribution in [3.05, 3.63) is 45.9 Å². The van der Waals surface area contributed by atoms with Crippen molar-refractivity contribution in [1.29, 1.82) is 0 Å². The lowest BCUT2D eigenvalue weighted by Gasteiger charge is -2.11. The van der Waals surface area contributed by atoms with Crippen LogP contribution in [0.5, 0.6) is 5.75 Å². The standard InChI is InChI=1S/C18H26N4OS/c1-4-19-18(20-10-9-17-21-12-14(3)24-17)22-13-15-7-6-8-16(11-15)23-5-2/h6-8,11-12H,4-5,9-10,13H2,1-3H3,(H2,19,20,22). The van der Waals surface area contributed by atoms with Gasteiger partial charge in [0, 0.05) is 30.6 Å². The molecular formula is C18H26N4OS. The van der Waals surface area contributed by atoms with Crippen LogP contribution in [0.3, 0.4) is 0 Å². The van der Waals surface area contributed by atoms with Crippen molar-refractivity contribution >= 4 is 17.3 Å². The van der Waals surface area contributed by atoms with E-state index in [0.717, 1.165) is 41.8 Å². The fourth-order valence-electron chi connectivity index (χ4n) is 2.22. The molecule has 1 aromatic carbocycles. The highest BCUT2D eigenvalue weighted by molar-refractivity contribution is 7.11. The van der Waals surface area contributed by atoms with Crippen molar-refractivity contribution in [2.45, 2.75) is 33.7 Å². The summed E-state index contributed by atoms with van der Waals surface area (Å²) in [6.45, 7) is 9.08. The number of benzene rings is 1. The number of aliphatic imine (C=N–C) groups is 1. The molecule has 2 N–H and O–H groups in total. The second-order valence-electron chi connectivity index (χ2n) is 5.32. The molecule has 6 heteroatoms. The Morgan fingerprint density at radius 3 is 2.88 bits per heavy atom. The fraction of sp³-hybridized carbons (Fsp3) is 0.444. The number of hydrogen-bond donors (Lipinski definition) is 2. The van der Waals surface area contributed by atoms with E-state index >= 15 is 0 Å². The number of ether oxygens (including phenoxy) is 1. The minimum atomic E-state index is 0.618. The highest BCUT2D eigenvalue weighted by atomic mass is 32.1. The quantitative estimate of drug-likeness (QED) is 0.569. The Labute approximate surface area is 148 Å². The Bertz CT molecular complexity index is 654. The van der Waals surface area contributed by atoms with Gasteiger partial charge in [0.2, 0.25) is 0 Å². The largest absolute Gasteiger partial charge is 0.494 e. The summed E-state index contributed by atoms with van der Waals surface area (Å²) in [6, 6.07) is 8.07. The maximum atomic E-state index is 5.53. The van der Waals surface area contributed by atoms with Crippen molar-refractivity contribution in [3.8, 4) is 5.75 Å². The Hall–Kier alpha value is -2.08. The van der Waals surface area contributed by atoms with E-state index in [2.05, 4.69) is 40.5 Å². The predicted octanol–water partition coefficient (Wildman–Crippen LogP) is 3.15. The first-order valence-electron chi connectivity index (χ1n) is 8.36. The molecule has 5 nitrogen and oxygen atoms in total. The summed E-state index contributed by atoms with van der Waals surface area (Å²) in [5.41, 5.74) is 1.13. The lowest BCUT2D eigenvalue weighted by Crippen LogP contribution is -2.38. The van der Waals surface area contributed by atoms with Crippen LogP contribution >= 0.6 is 11.3 Å². The molecule has 0 atom stereocenters. The number of nitrogens with zero attached hydrogens (tertiary/aromatic N) is 2. The second kappa shape index (κ2) is 9.93. The molecule has 130 valence electrons.